The van der Waals surface area contributed by atoms with Crippen molar-refractivity contribution in [1.82, 2.24) is 20.2 Å². The molecule has 0 bridgehead atoms. The first-order valence-corrected chi connectivity index (χ1v) is 6.94. The fourth-order valence-corrected chi connectivity index (χ4v) is 2.90. The van der Waals surface area contributed by atoms with Crippen molar-refractivity contribution in [2.45, 2.75) is 5.92 Å². The molecule has 2 aromatic carbocycles. The van der Waals surface area contributed by atoms with Gasteiger partial charge in [-0.1, -0.05) is 60.7 Å². The number of hydrogen-bond donors (Lipinski definition) is 0. The Kier molecular flexibility index (Phi) is 2.67. The summed E-state index contributed by atoms with van der Waals surface area (Å²) in [5.74, 6) is 1.08. The maximum absolute atomic E-state index is 4.22. The van der Waals surface area contributed by atoms with Crippen LogP contribution in [0.3, 0.4) is 0 Å². The van der Waals surface area contributed by atoms with Gasteiger partial charge in [-0.3, -0.25) is 0 Å². The van der Waals surface area contributed by atoms with E-state index in [1.165, 1.54) is 16.3 Å². The van der Waals surface area contributed by atoms with Crippen LogP contribution in [0.1, 0.15) is 11.5 Å². The van der Waals surface area contributed by atoms with Crippen molar-refractivity contribution >= 4 is 10.8 Å². The molecule has 1 aromatic heterocycles. The quantitative estimate of drug-likeness (QED) is 0.720. The molecule has 102 valence electrons. The maximum Gasteiger partial charge on any atom is 0.182 e. The van der Waals surface area contributed by atoms with Crippen molar-refractivity contribution in [1.29, 1.82) is 0 Å². The second kappa shape index (κ2) is 4.66. The van der Waals surface area contributed by atoms with E-state index in [-0.39, 0.29) is 5.92 Å². The van der Waals surface area contributed by atoms with E-state index in [1.807, 2.05) is 7.05 Å². The molecule has 0 saturated carbocycles. The average molecular weight is 274 g/mol. The monoisotopic (exact) mass is 274 g/mol. The zero-order valence-electron chi connectivity index (χ0n) is 11.6. The second-order valence-corrected chi connectivity index (χ2v) is 5.17. The van der Waals surface area contributed by atoms with Crippen LogP contribution < -0.4 is 0 Å². The van der Waals surface area contributed by atoms with Crippen LogP contribution in [0.4, 0.5) is 0 Å². The van der Waals surface area contributed by atoms with Gasteiger partial charge in [0.2, 0.25) is 0 Å². The molecular formula is C17H14N4. The molecule has 1 heterocycles. The molecule has 0 spiro atoms. The lowest BCUT2D eigenvalue weighted by Gasteiger charge is -2.15. The van der Waals surface area contributed by atoms with Crippen LogP contribution in [-0.2, 0) is 7.05 Å². The molecule has 0 radical (unpaired) electrons. The Morgan fingerprint density at radius 1 is 1.00 bits per heavy atom. The highest BCUT2D eigenvalue weighted by molar-refractivity contribution is 5.97. The molecular weight excluding hydrogens is 260 g/mol. The molecule has 4 rings (SSSR count). The van der Waals surface area contributed by atoms with E-state index in [0.29, 0.717) is 0 Å². The summed E-state index contributed by atoms with van der Waals surface area (Å²) < 4.78 is 1.73. The molecule has 4 heteroatoms. The Hall–Kier alpha value is -2.75. The summed E-state index contributed by atoms with van der Waals surface area (Å²) in [5.41, 5.74) is 2.35. The molecule has 0 unspecified atom stereocenters. The van der Waals surface area contributed by atoms with Gasteiger partial charge in [-0.05, 0) is 26.8 Å². The van der Waals surface area contributed by atoms with Gasteiger partial charge in [-0.2, -0.15) is 0 Å². The number of rotatable bonds is 2. The summed E-state index contributed by atoms with van der Waals surface area (Å²) in [6.07, 6.45) is 8.55. The third-order valence-electron chi connectivity index (χ3n) is 3.91. The van der Waals surface area contributed by atoms with Crippen LogP contribution in [0, 0.1) is 0 Å². The predicted octanol–water partition coefficient (Wildman–Crippen LogP) is 3.24. The first-order valence-electron chi connectivity index (χ1n) is 6.94. The van der Waals surface area contributed by atoms with Crippen LogP contribution in [0.5, 0.6) is 0 Å². The summed E-state index contributed by atoms with van der Waals surface area (Å²) in [6, 6.07) is 12.7. The van der Waals surface area contributed by atoms with Crippen LogP contribution in [0.15, 0.2) is 60.7 Å². The van der Waals surface area contributed by atoms with E-state index in [0.717, 1.165) is 11.4 Å². The van der Waals surface area contributed by atoms with Crippen LogP contribution in [0.2, 0.25) is 0 Å². The Labute approximate surface area is 122 Å². The first kappa shape index (κ1) is 12.0. The topological polar surface area (TPSA) is 43.6 Å². The third-order valence-corrected chi connectivity index (χ3v) is 3.91. The number of aromatic nitrogens is 4. The summed E-state index contributed by atoms with van der Waals surface area (Å²) >= 11 is 0. The Balaban J connectivity index is 2.08. The Bertz CT molecular complexity index is 861. The third kappa shape index (κ3) is 1.88. The van der Waals surface area contributed by atoms with Gasteiger partial charge in [0.25, 0.3) is 0 Å². The summed E-state index contributed by atoms with van der Waals surface area (Å²) in [6.45, 7) is 0. The Morgan fingerprint density at radius 2 is 1.81 bits per heavy atom. The minimum Gasteiger partial charge on any atom is -0.229 e. The normalized spacial score (nSPS) is 14.3. The van der Waals surface area contributed by atoms with E-state index in [4.69, 9.17) is 0 Å². The molecule has 3 aromatic rings. The van der Waals surface area contributed by atoms with Crippen molar-refractivity contribution in [3.8, 4) is 11.4 Å². The van der Waals surface area contributed by atoms with Crippen LogP contribution >= 0.6 is 0 Å². The molecule has 0 amide bonds. The molecule has 1 aliphatic carbocycles. The van der Waals surface area contributed by atoms with Gasteiger partial charge < -0.3 is 0 Å². The van der Waals surface area contributed by atoms with Gasteiger partial charge in [0.05, 0.1) is 0 Å². The van der Waals surface area contributed by atoms with Crippen molar-refractivity contribution in [2.75, 3.05) is 0 Å². The smallest absolute Gasteiger partial charge is 0.182 e. The summed E-state index contributed by atoms with van der Waals surface area (Å²) in [5, 5.41) is 14.4. The lowest BCUT2D eigenvalue weighted by atomic mass is 9.90. The second-order valence-electron chi connectivity index (χ2n) is 5.17. The largest absolute Gasteiger partial charge is 0.229 e. The van der Waals surface area contributed by atoms with Gasteiger partial charge >= 0.3 is 0 Å². The first-order chi connectivity index (χ1) is 10.3. The molecule has 0 atom stereocenters. The predicted molar refractivity (Wildman–Crippen MR) is 82.8 cm³/mol. The number of nitrogens with zero attached hydrogens (tertiary/aromatic N) is 4. The molecule has 0 fully saturated rings. The lowest BCUT2D eigenvalue weighted by molar-refractivity contribution is 0.714. The zero-order chi connectivity index (χ0) is 14.2. The molecule has 4 nitrogen and oxygen atoms in total. The van der Waals surface area contributed by atoms with Crippen LogP contribution in [0.25, 0.3) is 22.2 Å². The van der Waals surface area contributed by atoms with E-state index in [1.54, 1.807) is 4.68 Å². The van der Waals surface area contributed by atoms with E-state index >= 15 is 0 Å². The lowest BCUT2D eigenvalue weighted by Crippen LogP contribution is -2.01. The van der Waals surface area contributed by atoms with Gasteiger partial charge in [0.15, 0.2) is 5.82 Å². The SMILES string of the molecule is Cn1nnnc1-c1c(C2C=CC=C2)ccc2ccccc12. The minimum absolute atomic E-state index is 0.279. The Morgan fingerprint density at radius 3 is 2.57 bits per heavy atom. The fraction of sp³-hybridized carbons (Fsp3) is 0.118. The number of allylic oxidation sites excluding steroid dienone is 4. The summed E-state index contributed by atoms with van der Waals surface area (Å²) in [7, 11) is 1.88. The van der Waals surface area contributed by atoms with E-state index in [9.17, 15) is 0 Å². The van der Waals surface area contributed by atoms with Crippen LogP contribution in [-0.4, -0.2) is 20.2 Å². The highest BCUT2D eigenvalue weighted by Crippen LogP contribution is 2.36. The standard InChI is InChI=1S/C17H14N4/c1-21-17(18-19-20-21)16-14-9-5-4-8-13(14)10-11-15(16)12-6-2-3-7-12/h2-12H,1H3. The van der Waals surface area contributed by atoms with Crippen molar-refractivity contribution in [3.05, 3.63) is 66.3 Å². The molecule has 0 N–H and O–H groups in total. The number of benzene rings is 2. The highest BCUT2D eigenvalue weighted by Gasteiger charge is 2.19. The minimum atomic E-state index is 0.279. The number of fused-ring (bicyclic) bond motifs is 1. The van der Waals surface area contributed by atoms with Crippen molar-refractivity contribution in [3.63, 3.8) is 0 Å². The van der Waals surface area contributed by atoms with Gasteiger partial charge in [-0.15, -0.1) is 5.10 Å². The molecule has 21 heavy (non-hydrogen) atoms. The zero-order valence-corrected chi connectivity index (χ0v) is 11.6. The van der Waals surface area contributed by atoms with Gasteiger partial charge in [-0.25, -0.2) is 4.68 Å². The van der Waals surface area contributed by atoms with Gasteiger partial charge in [0, 0.05) is 18.5 Å². The summed E-state index contributed by atoms with van der Waals surface area (Å²) in [4.78, 5) is 0. The fourth-order valence-electron chi connectivity index (χ4n) is 2.90. The molecule has 0 saturated heterocycles. The molecule has 0 aliphatic heterocycles. The van der Waals surface area contributed by atoms with Gasteiger partial charge in [0.1, 0.15) is 0 Å². The average Bonchev–Trinajstić information content (AvgIpc) is 3.17. The number of tetrazole rings is 1. The number of hydrogen-bond acceptors (Lipinski definition) is 3. The van der Waals surface area contributed by atoms with E-state index in [2.05, 4.69) is 76.2 Å². The van der Waals surface area contributed by atoms with Crippen molar-refractivity contribution < 1.29 is 0 Å². The maximum atomic E-state index is 4.22. The van der Waals surface area contributed by atoms with Crippen molar-refractivity contribution in [2.24, 2.45) is 7.05 Å². The highest BCUT2D eigenvalue weighted by atomic mass is 15.5. The number of aryl methyl sites for hydroxylation is 1. The van der Waals surface area contributed by atoms with E-state index < -0.39 is 0 Å². The molecule has 1 aliphatic rings.